The molecule has 0 atom stereocenters. The molecule has 1 heterocycles. The third-order valence-electron chi connectivity index (χ3n) is 4.48. The molecule has 0 radical (unpaired) electrons. The first-order valence-electron chi connectivity index (χ1n) is 7.52. The van der Waals surface area contributed by atoms with E-state index in [4.69, 9.17) is 0 Å². The quantitative estimate of drug-likeness (QED) is 0.901. The Hall–Kier alpha value is -1.45. The molecule has 1 aromatic carbocycles. The molecule has 1 aliphatic carbocycles. The van der Waals surface area contributed by atoms with Crippen LogP contribution in [0.5, 0.6) is 0 Å². The van der Waals surface area contributed by atoms with Crippen LogP contribution in [0.3, 0.4) is 0 Å². The number of benzene rings is 1. The van der Waals surface area contributed by atoms with E-state index in [1.165, 1.54) is 0 Å². The highest BCUT2D eigenvalue weighted by Crippen LogP contribution is 2.39. The van der Waals surface area contributed by atoms with E-state index in [9.17, 15) is 5.11 Å². The fourth-order valence-electron chi connectivity index (χ4n) is 3.34. The molecule has 1 saturated carbocycles. The van der Waals surface area contributed by atoms with Crippen LogP contribution in [0.4, 0.5) is 0 Å². The van der Waals surface area contributed by atoms with Crippen molar-refractivity contribution in [3.8, 4) is 0 Å². The zero-order chi connectivity index (χ0) is 14.0. The molecule has 0 saturated heterocycles. The lowest BCUT2D eigenvalue weighted by atomic mass is 9.77. The molecule has 0 unspecified atom stereocenters. The van der Waals surface area contributed by atoms with Crippen LogP contribution < -0.4 is 5.32 Å². The summed E-state index contributed by atoms with van der Waals surface area (Å²) in [7, 11) is 0. The summed E-state index contributed by atoms with van der Waals surface area (Å²) in [5.41, 5.74) is 0.269. The van der Waals surface area contributed by atoms with Crippen LogP contribution in [-0.2, 0) is 5.60 Å². The van der Waals surface area contributed by atoms with Gasteiger partial charge in [0, 0.05) is 29.4 Å². The van der Waals surface area contributed by atoms with Gasteiger partial charge in [0.2, 0.25) is 0 Å². The van der Waals surface area contributed by atoms with E-state index < -0.39 is 5.60 Å². The number of aromatic nitrogens is 1. The topological polar surface area (TPSA) is 45.1 Å². The van der Waals surface area contributed by atoms with E-state index in [0.29, 0.717) is 6.04 Å². The monoisotopic (exact) mass is 270 g/mol. The lowest BCUT2D eigenvalue weighted by Gasteiger charge is -2.37. The van der Waals surface area contributed by atoms with Crippen LogP contribution in [0.1, 0.15) is 38.2 Å². The van der Waals surface area contributed by atoms with Crippen molar-refractivity contribution in [1.82, 2.24) is 10.3 Å². The fourth-order valence-corrected chi connectivity index (χ4v) is 3.34. The molecule has 0 amide bonds. The third kappa shape index (κ3) is 2.43. The number of nitrogens with zero attached hydrogens (tertiary/aromatic N) is 1. The van der Waals surface area contributed by atoms with Gasteiger partial charge in [-0.05, 0) is 37.6 Å². The van der Waals surface area contributed by atoms with Crippen LogP contribution in [0.15, 0.2) is 36.7 Å². The van der Waals surface area contributed by atoms with Gasteiger partial charge < -0.3 is 10.4 Å². The Morgan fingerprint density at radius 1 is 1.25 bits per heavy atom. The number of aliphatic hydroxyl groups is 1. The first kappa shape index (κ1) is 13.5. The first-order valence-corrected chi connectivity index (χ1v) is 7.52. The lowest BCUT2D eigenvalue weighted by Crippen LogP contribution is -2.39. The normalized spacial score (nSPS) is 26.8. The summed E-state index contributed by atoms with van der Waals surface area (Å²) >= 11 is 0. The van der Waals surface area contributed by atoms with E-state index in [2.05, 4.69) is 29.4 Å². The second-order valence-electron chi connectivity index (χ2n) is 5.77. The largest absolute Gasteiger partial charge is 0.385 e. The predicted octanol–water partition coefficient (Wildman–Crippen LogP) is 2.97. The van der Waals surface area contributed by atoms with Crippen LogP contribution in [0.2, 0.25) is 0 Å². The van der Waals surface area contributed by atoms with Gasteiger partial charge >= 0.3 is 0 Å². The van der Waals surface area contributed by atoms with E-state index in [1.54, 1.807) is 0 Å². The predicted molar refractivity (Wildman–Crippen MR) is 81.6 cm³/mol. The molecule has 1 aromatic heterocycles. The second kappa shape index (κ2) is 5.51. The second-order valence-corrected chi connectivity index (χ2v) is 5.77. The zero-order valence-electron chi connectivity index (χ0n) is 12.0. The molecule has 0 bridgehead atoms. The summed E-state index contributed by atoms with van der Waals surface area (Å²) < 4.78 is 0. The minimum Gasteiger partial charge on any atom is -0.385 e. The number of rotatable bonds is 3. The molecule has 20 heavy (non-hydrogen) atoms. The standard InChI is InChI=1S/C17H22N2O/c1-2-19-14-7-9-17(20,10-8-14)16-12-18-11-13-5-3-4-6-15(13)16/h3-6,11-12,14,19-20H,2,7-10H2,1H3. The van der Waals surface area contributed by atoms with E-state index >= 15 is 0 Å². The van der Waals surface area contributed by atoms with Gasteiger partial charge in [-0.25, -0.2) is 0 Å². The molecule has 1 aliphatic rings. The average Bonchev–Trinajstić information content (AvgIpc) is 2.49. The van der Waals surface area contributed by atoms with Crippen molar-refractivity contribution in [2.75, 3.05) is 6.54 Å². The highest BCUT2D eigenvalue weighted by atomic mass is 16.3. The molecule has 3 rings (SSSR count). The van der Waals surface area contributed by atoms with Crippen molar-refractivity contribution in [2.24, 2.45) is 0 Å². The molecule has 2 N–H and O–H groups in total. The summed E-state index contributed by atoms with van der Waals surface area (Å²) in [6, 6.07) is 8.72. The Bertz CT molecular complexity index is 583. The maximum atomic E-state index is 11.1. The Balaban J connectivity index is 1.91. The van der Waals surface area contributed by atoms with E-state index in [0.717, 1.165) is 48.6 Å². The molecule has 3 heteroatoms. The van der Waals surface area contributed by atoms with Gasteiger partial charge in [-0.2, -0.15) is 0 Å². The highest BCUT2D eigenvalue weighted by molar-refractivity contribution is 5.85. The zero-order valence-corrected chi connectivity index (χ0v) is 12.0. The molecule has 1 fully saturated rings. The molecular formula is C17H22N2O. The fraction of sp³-hybridized carbons (Fsp3) is 0.471. The number of hydrogen-bond acceptors (Lipinski definition) is 3. The maximum Gasteiger partial charge on any atom is 0.0918 e. The average molecular weight is 270 g/mol. The summed E-state index contributed by atoms with van der Waals surface area (Å²) in [4.78, 5) is 4.31. The number of nitrogens with one attached hydrogen (secondary N) is 1. The summed E-state index contributed by atoms with van der Waals surface area (Å²) in [6.07, 6.45) is 7.37. The SMILES string of the molecule is CCNC1CCC(O)(c2cncc3ccccc23)CC1. The van der Waals surface area contributed by atoms with Crippen LogP contribution in [0, 0.1) is 0 Å². The number of hydrogen-bond donors (Lipinski definition) is 2. The molecule has 0 aliphatic heterocycles. The minimum atomic E-state index is -0.722. The van der Waals surface area contributed by atoms with Crippen LogP contribution in [0.25, 0.3) is 10.8 Å². The summed E-state index contributed by atoms with van der Waals surface area (Å²) in [5.74, 6) is 0. The number of fused-ring (bicyclic) bond motifs is 1. The van der Waals surface area contributed by atoms with E-state index in [-0.39, 0.29) is 0 Å². The molecule has 0 spiro atoms. The molecule has 106 valence electrons. The van der Waals surface area contributed by atoms with Gasteiger partial charge in [0.1, 0.15) is 0 Å². The van der Waals surface area contributed by atoms with Crippen molar-refractivity contribution < 1.29 is 5.11 Å². The Labute approximate surface area is 120 Å². The minimum absolute atomic E-state index is 0.545. The maximum absolute atomic E-state index is 11.1. The summed E-state index contributed by atoms with van der Waals surface area (Å²) in [6.45, 7) is 3.13. The van der Waals surface area contributed by atoms with Crippen molar-refractivity contribution >= 4 is 10.8 Å². The van der Waals surface area contributed by atoms with Crippen molar-refractivity contribution in [3.05, 3.63) is 42.2 Å². The lowest BCUT2D eigenvalue weighted by molar-refractivity contribution is -0.00708. The van der Waals surface area contributed by atoms with Crippen LogP contribution in [-0.4, -0.2) is 22.7 Å². The Kier molecular flexibility index (Phi) is 3.72. The van der Waals surface area contributed by atoms with Gasteiger partial charge in [0.05, 0.1) is 5.60 Å². The number of pyridine rings is 1. The molecule has 2 aromatic rings. The van der Waals surface area contributed by atoms with Gasteiger partial charge in [0.25, 0.3) is 0 Å². The summed E-state index contributed by atoms with van der Waals surface area (Å²) in [5, 5.41) is 16.8. The van der Waals surface area contributed by atoms with Crippen LogP contribution >= 0.6 is 0 Å². The Morgan fingerprint density at radius 2 is 2.00 bits per heavy atom. The van der Waals surface area contributed by atoms with Gasteiger partial charge in [-0.15, -0.1) is 0 Å². The van der Waals surface area contributed by atoms with Crippen molar-refractivity contribution in [1.29, 1.82) is 0 Å². The molecular weight excluding hydrogens is 248 g/mol. The van der Waals surface area contributed by atoms with Crippen molar-refractivity contribution in [3.63, 3.8) is 0 Å². The van der Waals surface area contributed by atoms with Crippen molar-refractivity contribution in [2.45, 2.75) is 44.2 Å². The first-order chi connectivity index (χ1) is 9.73. The Morgan fingerprint density at radius 3 is 2.75 bits per heavy atom. The smallest absolute Gasteiger partial charge is 0.0918 e. The van der Waals surface area contributed by atoms with Gasteiger partial charge in [-0.1, -0.05) is 31.2 Å². The molecule has 3 nitrogen and oxygen atoms in total. The van der Waals surface area contributed by atoms with E-state index in [1.807, 2.05) is 24.5 Å². The highest BCUT2D eigenvalue weighted by Gasteiger charge is 2.35. The van der Waals surface area contributed by atoms with Gasteiger partial charge in [0.15, 0.2) is 0 Å². The van der Waals surface area contributed by atoms with Gasteiger partial charge in [-0.3, -0.25) is 4.98 Å². The third-order valence-corrected chi connectivity index (χ3v) is 4.48.